The molecule has 3 aliphatic carbocycles. The highest BCUT2D eigenvalue weighted by molar-refractivity contribution is 6.06. The molecule has 1 heterocycles. The summed E-state index contributed by atoms with van der Waals surface area (Å²) in [4.78, 5) is 51.5. The molecule has 7 nitrogen and oxygen atoms in total. The standard InChI is InChI=1S/C21H24O7/c1-8(2)9-6-12(22)16(20(25)27-4)15-10(9)5-11-14-13(28-19(11)24)7-21(3,26)17(14)18(15)23/h5,9-10,13-17,26H,1,6-7H2,2-4H3. The summed E-state index contributed by atoms with van der Waals surface area (Å²) in [6.07, 6.45) is 1.34. The predicted octanol–water partition coefficient (Wildman–Crippen LogP) is 0.995. The molecule has 0 radical (unpaired) electrons. The van der Waals surface area contributed by atoms with Crippen molar-refractivity contribution in [2.75, 3.05) is 7.11 Å². The van der Waals surface area contributed by atoms with E-state index in [2.05, 4.69) is 6.58 Å². The molecular formula is C21H24O7. The number of allylic oxidation sites excluding steroid dienone is 2. The number of Topliss-reactive ketones (excluding diaryl/α,β-unsaturated/α-hetero) is 2. The second-order valence-electron chi connectivity index (χ2n) is 8.76. The minimum Gasteiger partial charge on any atom is -0.468 e. The molecule has 0 aromatic carbocycles. The number of hydrogen-bond acceptors (Lipinski definition) is 7. The molecule has 7 heteroatoms. The summed E-state index contributed by atoms with van der Waals surface area (Å²) in [5.41, 5.74) is -0.308. The lowest BCUT2D eigenvalue weighted by Crippen LogP contribution is -2.51. The first-order valence-electron chi connectivity index (χ1n) is 9.53. The van der Waals surface area contributed by atoms with E-state index < -0.39 is 53.2 Å². The van der Waals surface area contributed by atoms with E-state index in [-0.39, 0.29) is 30.3 Å². The largest absolute Gasteiger partial charge is 0.468 e. The van der Waals surface area contributed by atoms with Crippen LogP contribution in [0.2, 0.25) is 0 Å². The first-order chi connectivity index (χ1) is 13.1. The van der Waals surface area contributed by atoms with E-state index in [1.807, 2.05) is 0 Å². The van der Waals surface area contributed by atoms with Crippen LogP contribution in [-0.4, -0.2) is 47.4 Å². The van der Waals surface area contributed by atoms with E-state index >= 15 is 0 Å². The topological polar surface area (TPSA) is 107 Å². The number of aliphatic hydroxyl groups is 1. The maximum atomic E-state index is 13.7. The van der Waals surface area contributed by atoms with E-state index in [0.29, 0.717) is 11.1 Å². The maximum absolute atomic E-state index is 13.7. The van der Waals surface area contributed by atoms with Crippen LogP contribution in [-0.2, 0) is 28.7 Å². The van der Waals surface area contributed by atoms with Gasteiger partial charge in [0, 0.05) is 30.3 Å². The fourth-order valence-electron chi connectivity index (χ4n) is 5.81. The Morgan fingerprint density at radius 1 is 1.32 bits per heavy atom. The molecule has 3 fully saturated rings. The van der Waals surface area contributed by atoms with Gasteiger partial charge in [-0.1, -0.05) is 18.2 Å². The number of carbonyl (C=O) groups excluding carboxylic acids is 4. The van der Waals surface area contributed by atoms with Crippen molar-refractivity contribution in [2.45, 2.75) is 38.4 Å². The smallest absolute Gasteiger partial charge is 0.334 e. The summed E-state index contributed by atoms with van der Waals surface area (Å²) in [6, 6.07) is 0. The molecule has 0 bridgehead atoms. The second kappa shape index (κ2) is 6.11. The van der Waals surface area contributed by atoms with Gasteiger partial charge in [0.25, 0.3) is 0 Å². The van der Waals surface area contributed by atoms with Crippen molar-refractivity contribution in [3.05, 3.63) is 23.8 Å². The Labute approximate surface area is 162 Å². The molecule has 0 amide bonds. The molecule has 0 aromatic rings. The zero-order chi connectivity index (χ0) is 20.5. The number of methoxy groups -OCH3 is 1. The third-order valence-corrected chi connectivity index (χ3v) is 7.00. The van der Waals surface area contributed by atoms with Gasteiger partial charge < -0.3 is 14.6 Å². The Balaban J connectivity index is 1.92. The molecule has 150 valence electrons. The van der Waals surface area contributed by atoms with E-state index in [4.69, 9.17) is 9.47 Å². The number of esters is 2. The number of rotatable bonds is 2. The first kappa shape index (κ1) is 19.1. The van der Waals surface area contributed by atoms with Gasteiger partial charge in [-0.3, -0.25) is 14.4 Å². The van der Waals surface area contributed by atoms with Crippen LogP contribution in [0, 0.1) is 35.5 Å². The molecule has 0 spiro atoms. The van der Waals surface area contributed by atoms with Crippen LogP contribution >= 0.6 is 0 Å². The molecule has 4 aliphatic rings. The van der Waals surface area contributed by atoms with E-state index in [1.165, 1.54) is 7.11 Å². The van der Waals surface area contributed by atoms with E-state index in [1.54, 1.807) is 19.9 Å². The number of fused-ring (bicyclic) bond motifs is 1. The molecule has 8 atom stereocenters. The molecule has 8 unspecified atom stereocenters. The molecular weight excluding hydrogens is 364 g/mol. The van der Waals surface area contributed by atoms with Gasteiger partial charge in [-0.2, -0.15) is 0 Å². The number of carbonyl (C=O) groups is 4. The van der Waals surface area contributed by atoms with Gasteiger partial charge in [0.05, 0.1) is 18.6 Å². The molecule has 1 aliphatic heterocycles. The van der Waals surface area contributed by atoms with Gasteiger partial charge in [-0.05, 0) is 25.7 Å². The van der Waals surface area contributed by atoms with Crippen molar-refractivity contribution >= 4 is 23.5 Å². The van der Waals surface area contributed by atoms with Crippen LogP contribution in [0.15, 0.2) is 23.8 Å². The average Bonchev–Trinajstić information content (AvgIpc) is 2.96. The van der Waals surface area contributed by atoms with Gasteiger partial charge in [-0.15, -0.1) is 0 Å². The fraction of sp³-hybridized carbons (Fsp3) is 0.619. The lowest BCUT2D eigenvalue weighted by molar-refractivity contribution is -0.161. The zero-order valence-electron chi connectivity index (χ0n) is 16.1. The third kappa shape index (κ3) is 2.45. The number of ether oxygens (including phenoxy) is 2. The first-order valence-corrected chi connectivity index (χ1v) is 9.53. The Hall–Kier alpha value is -2.28. The molecule has 0 aromatic heterocycles. The summed E-state index contributed by atoms with van der Waals surface area (Å²) in [5.74, 6) is -6.59. The van der Waals surface area contributed by atoms with Crippen LogP contribution < -0.4 is 0 Å². The SMILES string of the molecule is C=C(C)C1CC(=O)C(C(=O)OC)C2C(=O)C3C4C(=CC12)C(=O)OC4CC3(C)O. The Morgan fingerprint density at radius 2 is 2.00 bits per heavy atom. The monoisotopic (exact) mass is 388 g/mol. The number of hydrogen-bond donors (Lipinski definition) is 1. The average molecular weight is 388 g/mol. The van der Waals surface area contributed by atoms with Gasteiger partial charge in [0.1, 0.15) is 23.6 Å². The van der Waals surface area contributed by atoms with E-state index in [9.17, 15) is 24.3 Å². The van der Waals surface area contributed by atoms with Crippen LogP contribution in [0.5, 0.6) is 0 Å². The van der Waals surface area contributed by atoms with Crippen LogP contribution in [0.25, 0.3) is 0 Å². The van der Waals surface area contributed by atoms with Gasteiger partial charge in [-0.25, -0.2) is 4.79 Å². The minimum absolute atomic E-state index is 0.0531. The lowest BCUT2D eigenvalue weighted by atomic mass is 9.61. The molecule has 4 rings (SSSR count). The third-order valence-electron chi connectivity index (χ3n) is 7.00. The van der Waals surface area contributed by atoms with Crippen molar-refractivity contribution in [1.29, 1.82) is 0 Å². The summed E-state index contributed by atoms with van der Waals surface area (Å²) in [6.45, 7) is 7.28. The van der Waals surface area contributed by atoms with Gasteiger partial charge in [0.15, 0.2) is 0 Å². The molecule has 1 N–H and O–H groups in total. The van der Waals surface area contributed by atoms with Crippen molar-refractivity contribution in [3.63, 3.8) is 0 Å². The zero-order valence-corrected chi connectivity index (χ0v) is 16.1. The second-order valence-corrected chi connectivity index (χ2v) is 8.76. The highest BCUT2D eigenvalue weighted by Crippen LogP contribution is 2.56. The van der Waals surface area contributed by atoms with Crippen molar-refractivity contribution in [1.82, 2.24) is 0 Å². The van der Waals surface area contributed by atoms with Crippen molar-refractivity contribution in [2.24, 2.45) is 35.5 Å². The summed E-state index contributed by atoms with van der Waals surface area (Å²) in [7, 11) is 1.18. The van der Waals surface area contributed by atoms with Crippen molar-refractivity contribution in [3.8, 4) is 0 Å². The van der Waals surface area contributed by atoms with Crippen LogP contribution in [0.1, 0.15) is 26.7 Å². The minimum atomic E-state index is -1.39. The summed E-state index contributed by atoms with van der Waals surface area (Å²) < 4.78 is 10.3. The molecule has 1 saturated heterocycles. The summed E-state index contributed by atoms with van der Waals surface area (Å²) in [5, 5.41) is 10.9. The molecule has 28 heavy (non-hydrogen) atoms. The Morgan fingerprint density at radius 3 is 2.61 bits per heavy atom. The highest BCUT2D eigenvalue weighted by Gasteiger charge is 2.65. The summed E-state index contributed by atoms with van der Waals surface area (Å²) >= 11 is 0. The quantitative estimate of drug-likeness (QED) is 0.427. The Bertz CT molecular complexity index is 836. The highest BCUT2D eigenvalue weighted by atomic mass is 16.6. The fourth-order valence-corrected chi connectivity index (χ4v) is 5.81. The maximum Gasteiger partial charge on any atom is 0.334 e. The van der Waals surface area contributed by atoms with Gasteiger partial charge in [0.2, 0.25) is 0 Å². The molecule has 2 saturated carbocycles. The van der Waals surface area contributed by atoms with Gasteiger partial charge >= 0.3 is 11.9 Å². The van der Waals surface area contributed by atoms with Crippen LogP contribution in [0.4, 0.5) is 0 Å². The van der Waals surface area contributed by atoms with Crippen LogP contribution in [0.3, 0.4) is 0 Å². The Kier molecular flexibility index (Phi) is 4.16. The normalized spacial score (nSPS) is 44.2. The van der Waals surface area contributed by atoms with Crippen molar-refractivity contribution < 1.29 is 33.8 Å². The predicted molar refractivity (Wildman–Crippen MR) is 95.6 cm³/mol. The van der Waals surface area contributed by atoms with E-state index in [0.717, 1.165) is 0 Å². The lowest BCUT2D eigenvalue weighted by Gasteiger charge is -2.40. The number of ketones is 2.